The first-order chi connectivity index (χ1) is 14.8. The molecule has 2 aromatic carbocycles. The molecule has 0 radical (unpaired) electrons. The lowest BCUT2D eigenvalue weighted by atomic mass is 10.2. The van der Waals surface area contributed by atoms with E-state index in [0.29, 0.717) is 17.9 Å². The van der Waals surface area contributed by atoms with Gasteiger partial charge in [-0.15, -0.1) is 15.3 Å². The lowest BCUT2D eigenvalue weighted by Gasteiger charge is -2.10. The van der Waals surface area contributed by atoms with Gasteiger partial charge in [0, 0.05) is 23.2 Å². The largest absolute Gasteiger partial charge is 0.350 e. The zero-order valence-corrected chi connectivity index (χ0v) is 16.8. The monoisotopic (exact) mass is 414 g/mol. The van der Waals surface area contributed by atoms with E-state index in [2.05, 4.69) is 15.3 Å². The summed E-state index contributed by atoms with van der Waals surface area (Å²) in [6, 6.07) is 25.6. The predicted octanol–water partition coefficient (Wildman–Crippen LogP) is 3.54. The van der Waals surface area contributed by atoms with Crippen LogP contribution in [0.25, 0.3) is 22.7 Å². The Morgan fingerprint density at radius 1 is 0.833 bits per heavy atom. The lowest BCUT2D eigenvalue weighted by molar-refractivity contribution is 0.639. The third-order valence-electron chi connectivity index (χ3n) is 4.70. The van der Waals surface area contributed by atoms with E-state index < -0.39 is 0 Å². The van der Waals surface area contributed by atoms with Gasteiger partial charge in [0.15, 0.2) is 16.6 Å². The number of aromatic nitrogens is 6. The van der Waals surface area contributed by atoms with Crippen LogP contribution in [0.4, 0.5) is 0 Å². The third-order valence-corrected chi connectivity index (χ3v) is 5.61. The van der Waals surface area contributed by atoms with Crippen LogP contribution in [0.1, 0.15) is 0 Å². The molecule has 0 unspecified atom stereocenters. The van der Waals surface area contributed by atoms with Crippen LogP contribution < -0.4 is 5.69 Å². The van der Waals surface area contributed by atoms with Gasteiger partial charge in [-0.25, -0.2) is 9.48 Å². The van der Waals surface area contributed by atoms with Crippen LogP contribution in [-0.4, -0.2) is 34.7 Å². The molecule has 0 aliphatic rings. The molecular weight excluding hydrogens is 396 g/mol. The summed E-state index contributed by atoms with van der Waals surface area (Å²) in [5.41, 5.74) is 2.50. The molecule has 3 heterocycles. The Morgan fingerprint density at radius 3 is 2.33 bits per heavy atom. The summed E-state index contributed by atoms with van der Waals surface area (Å²) in [7, 11) is 0. The molecule has 5 rings (SSSR count). The minimum Gasteiger partial charge on any atom is -0.270 e. The number of fused-ring (bicyclic) bond motifs is 1. The van der Waals surface area contributed by atoms with Crippen molar-refractivity contribution >= 4 is 17.4 Å². The fourth-order valence-electron chi connectivity index (χ4n) is 3.28. The van der Waals surface area contributed by atoms with Crippen molar-refractivity contribution in [3.8, 4) is 17.1 Å². The SMILES string of the molecule is O=c1n(CCSc2nnc(-c3ccccc3)n2-c2ccccc2)nc2ccccn12. The average molecular weight is 414 g/mol. The number of rotatable bonds is 6. The molecule has 0 atom stereocenters. The van der Waals surface area contributed by atoms with E-state index in [0.717, 1.165) is 22.2 Å². The molecule has 0 fully saturated rings. The lowest BCUT2D eigenvalue weighted by Crippen LogP contribution is -2.22. The number of thioether (sulfide) groups is 1. The Kier molecular flexibility index (Phi) is 4.90. The topological polar surface area (TPSA) is 70.0 Å². The number of benzene rings is 2. The number of para-hydroxylation sites is 1. The second-order valence-corrected chi connectivity index (χ2v) is 7.69. The van der Waals surface area contributed by atoms with E-state index in [1.807, 2.05) is 83.4 Å². The molecule has 0 aliphatic carbocycles. The van der Waals surface area contributed by atoms with Gasteiger partial charge in [-0.1, -0.05) is 66.4 Å². The minimum absolute atomic E-state index is 0.138. The Bertz CT molecular complexity index is 1340. The Labute approximate surface area is 176 Å². The van der Waals surface area contributed by atoms with Gasteiger partial charge in [-0.3, -0.25) is 8.97 Å². The molecular formula is C22H18N6OS. The van der Waals surface area contributed by atoms with Crippen molar-refractivity contribution in [2.75, 3.05) is 5.75 Å². The minimum atomic E-state index is -0.138. The summed E-state index contributed by atoms with van der Waals surface area (Å²) in [5, 5.41) is 14.0. The molecule has 0 spiro atoms. The Hall–Kier alpha value is -3.65. The molecule has 0 saturated heterocycles. The zero-order valence-electron chi connectivity index (χ0n) is 16.0. The average Bonchev–Trinajstić information content (AvgIpc) is 3.37. The predicted molar refractivity (Wildman–Crippen MR) is 117 cm³/mol. The normalized spacial score (nSPS) is 11.2. The van der Waals surface area contributed by atoms with Crippen molar-refractivity contribution in [2.45, 2.75) is 11.7 Å². The molecule has 8 heteroatoms. The third kappa shape index (κ3) is 3.42. The summed E-state index contributed by atoms with van der Waals surface area (Å²) >= 11 is 1.55. The molecule has 3 aromatic heterocycles. The molecule has 148 valence electrons. The second-order valence-electron chi connectivity index (χ2n) is 6.63. The summed E-state index contributed by atoms with van der Waals surface area (Å²) in [5.74, 6) is 1.43. The summed E-state index contributed by atoms with van der Waals surface area (Å²) in [4.78, 5) is 12.5. The summed E-state index contributed by atoms with van der Waals surface area (Å²) in [6.45, 7) is 0.480. The highest BCUT2D eigenvalue weighted by molar-refractivity contribution is 7.99. The fraction of sp³-hybridized carbons (Fsp3) is 0.0909. The van der Waals surface area contributed by atoms with E-state index in [-0.39, 0.29) is 5.69 Å². The van der Waals surface area contributed by atoms with E-state index in [1.165, 1.54) is 4.68 Å². The van der Waals surface area contributed by atoms with Crippen molar-refractivity contribution in [3.63, 3.8) is 0 Å². The first-order valence-electron chi connectivity index (χ1n) is 9.54. The molecule has 7 nitrogen and oxygen atoms in total. The fourth-order valence-corrected chi connectivity index (χ4v) is 4.15. The van der Waals surface area contributed by atoms with E-state index in [9.17, 15) is 4.79 Å². The van der Waals surface area contributed by atoms with Gasteiger partial charge >= 0.3 is 5.69 Å². The summed E-state index contributed by atoms with van der Waals surface area (Å²) < 4.78 is 5.08. The van der Waals surface area contributed by atoms with Gasteiger partial charge in [0.25, 0.3) is 0 Å². The van der Waals surface area contributed by atoms with Crippen LogP contribution >= 0.6 is 11.8 Å². The molecule has 0 amide bonds. The first kappa shape index (κ1) is 18.4. The smallest absolute Gasteiger partial charge is 0.270 e. The Morgan fingerprint density at radius 2 is 1.57 bits per heavy atom. The van der Waals surface area contributed by atoms with Gasteiger partial charge in [-0.2, -0.15) is 0 Å². The maximum Gasteiger partial charge on any atom is 0.350 e. The molecule has 5 aromatic rings. The first-order valence-corrected chi connectivity index (χ1v) is 10.5. The highest BCUT2D eigenvalue weighted by Crippen LogP contribution is 2.27. The van der Waals surface area contributed by atoms with Crippen molar-refractivity contribution in [1.29, 1.82) is 0 Å². The molecule has 30 heavy (non-hydrogen) atoms. The second kappa shape index (κ2) is 8.00. The molecule has 0 saturated carbocycles. The van der Waals surface area contributed by atoms with Gasteiger partial charge in [0.05, 0.1) is 6.54 Å². The van der Waals surface area contributed by atoms with Crippen molar-refractivity contribution in [3.05, 3.63) is 95.5 Å². The maximum atomic E-state index is 12.5. The quantitative estimate of drug-likeness (QED) is 0.398. The van der Waals surface area contributed by atoms with Gasteiger partial charge in [0.2, 0.25) is 0 Å². The van der Waals surface area contributed by atoms with Crippen LogP contribution in [0.2, 0.25) is 0 Å². The molecule has 0 bridgehead atoms. The number of pyridine rings is 1. The van der Waals surface area contributed by atoms with Crippen LogP contribution in [0, 0.1) is 0 Å². The summed E-state index contributed by atoms with van der Waals surface area (Å²) in [6.07, 6.45) is 1.73. The molecule has 0 aliphatic heterocycles. The standard InChI is InChI=1S/C22H18N6OS/c29-22-26-14-8-7-13-19(26)25-27(22)15-16-30-21-24-23-20(17-9-3-1-4-10-17)28(21)18-11-5-2-6-12-18/h1-14H,15-16H2. The van der Waals surface area contributed by atoms with Crippen LogP contribution in [-0.2, 0) is 6.54 Å². The van der Waals surface area contributed by atoms with E-state index >= 15 is 0 Å². The zero-order chi connectivity index (χ0) is 20.3. The van der Waals surface area contributed by atoms with E-state index in [4.69, 9.17) is 0 Å². The highest BCUT2D eigenvalue weighted by Gasteiger charge is 2.16. The van der Waals surface area contributed by atoms with Crippen molar-refractivity contribution < 1.29 is 0 Å². The van der Waals surface area contributed by atoms with Crippen molar-refractivity contribution in [2.24, 2.45) is 0 Å². The van der Waals surface area contributed by atoms with Gasteiger partial charge in [-0.05, 0) is 24.3 Å². The van der Waals surface area contributed by atoms with E-state index in [1.54, 1.807) is 22.4 Å². The van der Waals surface area contributed by atoms with Crippen LogP contribution in [0.3, 0.4) is 0 Å². The number of hydrogen-bond donors (Lipinski definition) is 0. The number of aryl methyl sites for hydroxylation is 1. The van der Waals surface area contributed by atoms with Crippen LogP contribution in [0.15, 0.2) is 95.0 Å². The van der Waals surface area contributed by atoms with Gasteiger partial charge in [0.1, 0.15) is 0 Å². The van der Waals surface area contributed by atoms with Crippen molar-refractivity contribution in [1.82, 2.24) is 28.9 Å². The highest BCUT2D eigenvalue weighted by atomic mass is 32.2. The maximum absolute atomic E-state index is 12.5. The van der Waals surface area contributed by atoms with Gasteiger partial charge < -0.3 is 0 Å². The number of nitrogens with zero attached hydrogens (tertiary/aromatic N) is 6. The number of hydrogen-bond acceptors (Lipinski definition) is 5. The Balaban J connectivity index is 1.44. The molecule has 0 N–H and O–H groups in total. The van der Waals surface area contributed by atoms with Crippen LogP contribution in [0.5, 0.6) is 0 Å².